The molecule has 0 radical (unpaired) electrons. The Balaban J connectivity index is 1.90. The Labute approximate surface area is 165 Å². The minimum atomic E-state index is -0.296. The third-order valence-electron chi connectivity index (χ3n) is 5.11. The highest BCUT2D eigenvalue weighted by Crippen LogP contribution is 2.33. The zero-order valence-corrected chi connectivity index (χ0v) is 16.7. The molecule has 0 bridgehead atoms. The van der Waals surface area contributed by atoms with Gasteiger partial charge in [0.05, 0.1) is 25.4 Å². The van der Waals surface area contributed by atoms with Gasteiger partial charge in [0, 0.05) is 12.5 Å². The number of ether oxygens (including phenoxy) is 1. The summed E-state index contributed by atoms with van der Waals surface area (Å²) in [5.74, 6) is 0.397. The predicted molar refractivity (Wildman–Crippen MR) is 108 cm³/mol. The Morgan fingerprint density at radius 3 is 2.43 bits per heavy atom. The number of carbonyl (C=O) groups is 1. The molecule has 0 fully saturated rings. The highest BCUT2D eigenvalue weighted by Gasteiger charge is 2.33. The molecule has 28 heavy (non-hydrogen) atoms. The molecule has 5 nitrogen and oxygen atoms in total. The average molecular weight is 383 g/mol. The van der Waals surface area contributed by atoms with E-state index in [1.807, 2.05) is 50.1 Å². The number of hydrogen-bond acceptors (Lipinski definition) is 4. The number of hydrogen-bond donors (Lipinski definition) is 0. The Bertz CT molecular complexity index is 847. The number of nitrogens with zero attached hydrogens (tertiary/aromatic N) is 3. The fourth-order valence-electron chi connectivity index (χ4n) is 3.11. The van der Waals surface area contributed by atoms with Gasteiger partial charge in [-0.1, -0.05) is 12.1 Å². The van der Waals surface area contributed by atoms with Crippen molar-refractivity contribution in [3.63, 3.8) is 0 Å². The molecular formula is C22H26FN3O2. The van der Waals surface area contributed by atoms with Crippen molar-refractivity contribution in [2.75, 3.05) is 20.7 Å². The van der Waals surface area contributed by atoms with E-state index in [0.29, 0.717) is 6.42 Å². The highest BCUT2D eigenvalue weighted by molar-refractivity contribution is 6.03. The average Bonchev–Trinajstić information content (AvgIpc) is 3.14. The quantitative estimate of drug-likeness (QED) is 0.761. The van der Waals surface area contributed by atoms with Crippen LogP contribution in [-0.2, 0) is 4.79 Å². The molecule has 1 aliphatic rings. The van der Waals surface area contributed by atoms with Crippen molar-refractivity contribution in [2.24, 2.45) is 5.10 Å². The van der Waals surface area contributed by atoms with Gasteiger partial charge in [-0.2, -0.15) is 5.10 Å². The molecule has 0 saturated carbocycles. The van der Waals surface area contributed by atoms with Gasteiger partial charge < -0.3 is 4.74 Å². The monoisotopic (exact) mass is 383 g/mol. The first-order valence-corrected chi connectivity index (χ1v) is 9.38. The van der Waals surface area contributed by atoms with Gasteiger partial charge in [0.15, 0.2) is 0 Å². The van der Waals surface area contributed by atoms with E-state index in [4.69, 9.17) is 4.74 Å². The lowest BCUT2D eigenvalue weighted by Crippen LogP contribution is -2.39. The van der Waals surface area contributed by atoms with Gasteiger partial charge in [-0.15, -0.1) is 0 Å². The molecule has 6 heteroatoms. The van der Waals surface area contributed by atoms with Gasteiger partial charge in [-0.3, -0.25) is 9.69 Å². The summed E-state index contributed by atoms with van der Waals surface area (Å²) < 4.78 is 18.6. The van der Waals surface area contributed by atoms with E-state index >= 15 is 0 Å². The summed E-state index contributed by atoms with van der Waals surface area (Å²) in [7, 11) is 3.54. The van der Waals surface area contributed by atoms with Crippen molar-refractivity contribution in [1.82, 2.24) is 9.91 Å². The zero-order chi connectivity index (χ0) is 20.3. The van der Waals surface area contributed by atoms with Crippen molar-refractivity contribution >= 4 is 11.6 Å². The van der Waals surface area contributed by atoms with Crippen LogP contribution in [0.25, 0.3) is 0 Å². The summed E-state index contributed by atoms with van der Waals surface area (Å²) >= 11 is 0. The normalized spacial score (nSPS) is 16.6. The summed E-state index contributed by atoms with van der Waals surface area (Å²) in [6.07, 6.45) is 0.578. The van der Waals surface area contributed by atoms with Crippen LogP contribution in [0.2, 0.25) is 0 Å². The summed E-state index contributed by atoms with van der Waals surface area (Å²) in [5.41, 5.74) is 2.65. The maximum Gasteiger partial charge on any atom is 0.257 e. The van der Waals surface area contributed by atoms with Crippen LogP contribution in [0, 0.1) is 5.82 Å². The van der Waals surface area contributed by atoms with Crippen LogP contribution in [0.15, 0.2) is 53.6 Å². The van der Waals surface area contributed by atoms with Crippen molar-refractivity contribution in [3.8, 4) is 5.75 Å². The van der Waals surface area contributed by atoms with Crippen molar-refractivity contribution < 1.29 is 13.9 Å². The molecule has 148 valence electrons. The van der Waals surface area contributed by atoms with Crippen molar-refractivity contribution in [3.05, 3.63) is 65.5 Å². The highest BCUT2D eigenvalue weighted by atomic mass is 19.1. The molecule has 0 spiro atoms. The number of carbonyl (C=O) groups excluding carboxylic acids is 1. The fraction of sp³-hybridized carbons (Fsp3) is 0.364. The maximum atomic E-state index is 13.4. The first-order chi connectivity index (χ1) is 13.4. The van der Waals surface area contributed by atoms with Crippen LogP contribution in [-0.4, -0.2) is 48.3 Å². The Morgan fingerprint density at radius 1 is 1.21 bits per heavy atom. The second-order valence-electron chi connectivity index (χ2n) is 7.29. The van der Waals surface area contributed by atoms with E-state index in [9.17, 15) is 9.18 Å². The molecule has 0 N–H and O–H groups in total. The van der Waals surface area contributed by atoms with Crippen LogP contribution >= 0.6 is 0 Å². The molecule has 1 amide bonds. The number of halogens is 1. The minimum absolute atomic E-state index is 0.0750. The molecular weight excluding hydrogens is 357 g/mol. The predicted octanol–water partition coefficient (Wildman–Crippen LogP) is 3.85. The Hall–Kier alpha value is -2.73. The van der Waals surface area contributed by atoms with Crippen LogP contribution in [0.4, 0.5) is 4.39 Å². The molecule has 0 saturated heterocycles. The maximum absolute atomic E-state index is 13.4. The molecule has 1 heterocycles. The number of hydrazone groups is 1. The lowest BCUT2D eigenvalue weighted by Gasteiger charge is -2.26. The van der Waals surface area contributed by atoms with E-state index < -0.39 is 0 Å². The van der Waals surface area contributed by atoms with E-state index in [2.05, 4.69) is 5.10 Å². The third kappa shape index (κ3) is 4.39. The van der Waals surface area contributed by atoms with Gasteiger partial charge in [0.25, 0.3) is 5.91 Å². The van der Waals surface area contributed by atoms with Crippen LogP contribution in [0.1, 0.15) is 37.4 Å². The molecule has 1 unspecified atom stereocenters. The topological polar surface area (TPSA) is 45.1 Å². The number of amides is 1. The number of benzene rings is 2. The number of methoxy groups -OCH3 is 1. The molecule has 0 aromatic heterocycles. The van der Waals surface area contributed by atoms with Crippen molar-refractivity contribution in [1.29, 1.82) is 0 Å². The standard InChI is InChI=1S/C22H26FN3O2/c1-15(2)25(3)14-22(27)26-21(17-5-9-18(23)10-6-17)13-20(24-26)16-7-11-19(28-4)12-8-16/h5-12,15,21H,13-14H2,1-4H3. The van der Waals surface area contributed by atoms with E-state index in [-0.39, 0.29) is 30.4 Å². The van der Waals surface area contributed by atoms with Crippen LogP contribution < -0.4 is 4.74 Å². The second kappa shape index (κ2) is 8.52. The smallest absolute Gasteiger partial charge is 0.257 e. The lowest BCUT2D eigenvalue weighted by atomic mass is 9.98. The largest absolute Gasteiger partial charge is 0.497 e. The lowest BCUT2D eigenvalue weighted by molar-refractivity contribution is -0.134. The summed E-state index contributed by atoms with van der Waals surface area (Å²) in [6.45, 7) is 4.36. The zero-order valence-electron chi connectivity index (χ0n) is 16.7. The van der Waals surface area contributed by atoms with E-state index in [0.717, 1.165) is 22.6 Å². The number of rotatable bonds is 6. The third-order valence-corrected chi connectivity index (χ3v) is 5.11. The minimum Gasteiger partial charge on any atom is -0.497 e. The molecule has 2 aromatic rings. The molecule has 0 aliphatic carbocycles. The Morgan fingerprint density at radius 2 is 1.86 bits per heavy atom. The fourth-order valence-corrected chi connectivity index (χ4v) is 3.11. The summed E-state index contributed by atoms with van der Waals surface area (Å²) in [6, 6.07) is 13.9. The first-order valence-electron chi connectivity index (χ1n) is 9.38. The molecule has 1 aliphatic heterocycles. The van der Waals surface area contributed by atoms with Gasteiger partial charge in [-0.05, 0) is 68.4 Å². The molecule has 3 rings (SSSR count). The SMILES string of the molecule is COc1ccc(C2=NN(C(=O)CN(C)C(C)C)C(c3ccc(F)cc3)C2)cc1. The van der Waals surface area contributed by atoms with E-state index in [1.54, 1.807) is 24.3 Å². The van der Waals surface area contributed by atoms with Gasteiger partial charge in [-0.25, -0.2) is 9.40 Å². The van der Waals surface area contributed by atoms with E-state index in [1.165, 1.54) is 12.1 Å². The first kappa shape index (κ1) is 20.0. The Kier molecular flexibility index (Phi) is 6.09. The van der Waals surface area contributed by atoms with Gasteiger partial charge in [0.2, 0.25) is 0 Å². The molecule has 1 atom stereocenters. The van der Waals surface area contributed by atoms with Gasteiger partial charge >= 0.3 is 0 Å². The molecule has 2 aromatic carbocycles. The van der Waals surface area contributed by atoms with Crippen LogP contribution in [0.5, 0.6) is 5.75 Å². The number of likely N-dealkylation sites (N-methyl/N-ethyl adjacent to an activating group) is 1. The van der Waals surface area contributed by atoms with Gasteiger partial charge in [0.1, 0.15) is 11.6 Å². The summed E-state index contributed by atoms with van der Waals surface area (Å²) in [5, 5.41) is 6.19. The van der Waals surface area contributed by atoms with Crippen molar-refractivity contribution in [2.45, 2.75) is 32.4 Å². The van der Waals surface area contributed by atoms with Crippen LogP contribution in [0.3, 0.4) is 0 Å². The summed E-state index contributed by atoms with van der Waals surface area (Å²) in [4.78, 5) is 14.9. The second-order valence-corrected chi connectivity index (χ2v) is 7.29.